The van der Waals surface area contributed by atoms with Gasteiger partial charge in [0.1, 0.15) is 16.7 Å². The zero-order valence-corrected chi connectivity index (χ0v) is 19.2. The molecular formula is C24H23F3N2O4S. The molecule has 1 atom stereocenters. The van der Waals surface area contributed by atoms with Gasteiger partial charge in [-0.15, -0.1) is 0 Å². The van der Waals surface area contributed by atoms with Crippen molar-refractivity contribution in [3.8, 4) is 5.75 Å². The average molecular weight is 493 g/mol. The number of rotatable bonds is 8. The number of sulfonamides is 1. The minimum absolute atomic E-state index is 0.0689. The number of nitrogens with one attached hydrogen (secondary N) is 2. The summed E-state index contributed by atoms with van der Waals surface area (Å²) in [5.41, 5.74) is -0.245. The Balaban J connectivity index is 1.97. The Morgan fingerprint density at radius 3 is 2.29 bits per heavy atom. The first-order chi connectivity index (χ1) is 16.0. The van der Waals surface area contributed by atoms with Crippen molar-refractivity contribution in [3.05, 3.63) is 89.5 Å². The van der Waals surface area contributed by atoms with Crippen molar-refractivity contribution < 1.29 is 31.1 Å². The molecule has 0 aliphatic rings. The molecule has 3 aromatic rings. The number of alkyl halides is 3. The number of halogens is 3. The molecule has 0 spiro atoms. The first-order valence-electron chi connectivity index (χ1n) is 10.2. The fraction of sp³-hybridized carbons (Fsp3) is 0.208. The monoisotopic (exact) mass is 492 g/mol. The minimum Gasteiger partial charge on any atom is -0.495 e. The molecule has 0 unspecified atom stereocenters. The first-order valence-corrected chi connectivity index (χ1v) is 11.7. The summed E-state index contributed by atoms with van der Waals surface area (Å²) in [5.74, 6) is -0.866. The fourth-order valence-electron chi connectivity index (χ4n) is 3.34. The lowest BCUT2D eigenvalue weighted by molar-refractivity contribution is -0.137. The molecule has 180 valence electrons. The van der Waals surface area contributed by atoms with Gasteiger partial charge in [-0.25, -0.2) is 8.42 Å². The van der Waals surface area contributed by atoms with Crippen LogP contribution in [-0.2, 0) is 27.4 Å². The van der Waals surface area contributed by atoms with E-state index in [0.29, 0.717) is 11.1 Å². The van der Waals surface area contributed by atoms with Crippen molar-refractivity contribution in [2.75, 3.05) is 12.4 Å². The lowest BCUT2D eigenvalue weighted by atomic mass is 10.1. The molecule has 34 heavy (non-hydrogen) atoms. The summed E-state index contributed by atoms with van der Waals surface area (Å²) in [4.78, 5) is 12.9. The van der Waals surface area contributed by atoms with Crippen LogP contribution < -0.4 is 14.8 Å². The maximum Gasteiger partial charge on any atom is 0.418 e. The van der Waals surface area contributed by atoms with Crippen LogP contribution in [0.2, 0.25) is 0 Å². The first kappa shape index (κ1) is 25.3. The van der Waals surface area contributed by atoms with Crippen LogP contribution in [0, 0.1) is 6.92 Å². The Morgan fingerprint density at radius 2 is 1.65 bits per heavy atom. The summed E-state index contributed by atoms with van der Waals surface area (Å²) in [7, 11) is -2.97. The molecular weight excluding hydrogens is 469 g/mol. The average Bonchev–Trinajstić information content (AvgIpc) is 2.79. The third kappa shape index (κ3) is 6.15. The van der Waals surface area contributed by atoms with Gasteiger partial charge in [-0.2, -0.15) is 17.9 Å². The van der Waals surface area contributed by atoms with E-state index < -0.39 is 39.4 Å². The second-order valence-corrected chi connectivity index (χ2v) is 9.23. The summed E-state index contributed by atoms with van der Waals surface area (Å²) in [6.07, 6.45) is -4.79. The van der Waals surface area contributed by atoms with Crippen LogP contribution in [0.3, 0.4) is 0 Å². The van der Waals surface area contributed by atoms with Gasteiger partial charge in [-0.3, -0.25) is 4.79 Å². The van der Waals surface area contributed by atoms with E-state index in [9.17, 15) is 26.4 Å². The topological polar surface area (TPSA) is 84.5 Å². The van der Waals surface area contributed by atoms with E-state index in [2.05, 4.69) is 10.0 Å². The second-order valence-electron chi connectivity index (χ2n) is 7.55. The van der Waals surface area contributed by atoms with E-state index in [4.69, 9.17) is 4.74 Å². The van der Waals surface area contributed by atoms with E-state index in [1.54, 1.807) is 43.3 Å². The number of hydrogen-bond donors (Lipinski definition) is 2. The van der Waals surface area contributed by atoms with Crippen LogP contribution in [0.25, 0.3) is 0 Å². The predicted octanol–water partition coefficient (Wildman–Crippen LogP) is 4.55. The standard InChI is InChI=1S/C24H23F3N2O4S/c1-16-12-13-21(33-2)22(14-16)34(31,32)29-20(15-17-8-4-3-5-9-17)23(30)28-19-11-7-6-10-18(19)24(25,26)27/h3-14,20,29H,15H2,1-2H3,(H,28,30)/t20-/m0/s1. The molecule has 6 nitrogen and oxygen atoms in total. The number of aryl methyl sites for hydroxylation is 1. The summed E-state index contributed by atoms with van der Waals surface area (Å²) < 4.78 is 74.0. The number of ether oxygens (including phenoxy) is 1. The molecule has 10 heteroatoms. The Morgan fingerprint density at radius 1 is 1.00 bits per heavy atom. The highest BCUT2D eigenvalue weighted by Crippen LogP contribution is 2.34. The quantitative estimate of drug-likeness (QED) is 0.483. The fourth-order valence-corrected chi connectivity index (χ4v) is 4.79. The van der Waals surface area contributed by atoms with Crippen molar-refractivity contribution in [2.45, 2.75) is 30.5 Å². The summed E-state index contributed by atoms with van der Waals surface area (Å²) in [6.45, 7) is 1.70. The normalized spacial score (nSPS) is 12.7. The highest BCUT2D eigenvalue weighted by molar-refractivity contribution is 7.89. The van der Waals surface area contributed by atoms with Gasteiger partial charge in [0, 0.05) is 0 Å². The van der Waals surface area contributed by atoms with Gasteiger partial charge in [0.2, 0.25) is 15.9 Å². The van der Waals surface area contributed by atoms with Gasteiger partial charge in [0.05, 0.1) is 18.4 Å². The van der Waals surface area contributed by atoms with E-state index in [1.807, 2.05) is 0 Å². The van der Waals surface area contributed by atoms with Gasteiger partial charge < -0.3 is 10.1 Å². The van der Waals surface area contributed by atoms with Crippen LogP contribution >= 0.6 is 0 Å². The number of hydrogen-bond acceptors (Lipinski definition) is 4. The lowest BCUT2D eigenvalue weighted by Crippen LogP contribution is -2.45. The molecule has 0 aliphatic heterocycles. The Hall–Kier alpha value is -3.37. The number of anilines is 1. The van der Waals surface area contributed by atoms with Crippen molar-refractivity contribution in [1.82, 2.24) is 4.72 Å². The largest absolute Gasteiger partial charge is 0.495 e. The van der Waals surface area contributed by atoms with Crippen LogP contribution in [0.1, 0.15) is 16.7 Å². The molecule has 3 aromatic carbocycles. The van der Waals surface area contributed by atoms with Gasteiger partial charge in [-0.1, -0.05) is 48.5 Å². The van der Waals surface area contributed by atoms with Crippen molar-refractivity contribution in [1.29, 1.82) is 0 Å². The minimum atomic E-state index is -4.70. The van der Waals surface area contributed by atoms with E-state index in [1.165, 1.54) is 31.4 Å². The number of methoxy groups -OCH3 is 1. The molecule has 0 aromatic heterocycles. The highest BCUT2D eigenvalue weighted by atomic mass is 32.2. The SMILES string of the molecule is COc1ccc(C)cc1S(=O)(=O)N[C@@H](Cc1ccccc1)C(=O)Nc1ccccc1C(F)(F)F. The smallest absolute Gasteiger partial charge is 0.418 e. The molecule has 2 N–H and O–H groups in total. The summed E-state index contributed by atoms with van der Waals surface area (Å²) in [5, 5.41) is 2.23. The number of carbonyl (C=O) groups excluding carboxylic acids is 1. The number of amides is 1. The van der Waals surface area contributed by atoms with Gasteiger partial charge in [0.15, 0.2) is 0 Å². The van der Waals surface area contributed by atoms with Crippen molar-refractivity contribution in [3.63, 3.8) is 0 Å². The van der Waals surface area contributed by atoms with Gasteiger partial charge in [0.25, 0.3) is 0 Å². The number of carbonyl (C=O) groups is 1. The Kier molecular flexibility index (Phi) is 7.63. The maximum absolute atomic E-state index is 13.4. The van der Waals surface area contributed by atoms with E-state index in [-0.39, 0.29) is 17.1 Å². The number of benzene rings is 3. The predicted molar refractivity (Wildman–Crippen MR) is 122 cm³/mol. The third-order valence-electron chi connectivity index (χ3n) is 5.00. The molecule has 0 heterocycles. The number of para-hydroxylation sites is 1. The zero-order valence-electron chi connectivity index (χ0n) is 18.4. The highest BCUT2D eigenvalue weighted by Gasteiger charge is 2.35. The Bertz CT molecular complexity index is 1260. The molecule has 0 saturated heterocycles. The molecule has 0 aliphatic carbocycles. The van der Waals surface area contributed by atoms with Gasteiger partial charge in [-0.05, 0) is 48.7 Å². The van der Waals surface area contributed by atoms with Crippen LogP contribution in [0.5, 0.6) is 5.75 Å². The van der Waals surface area contributed by atoms with Crippen LogP contribution in [0.15, 0.2) is 77.7 Å². The summed E-state index contributed by atoms with van der Waals surface area (Å²) in [6, 6.07) is 16.2. The molecule has 0 radical (unpaired) electrons. The maximum atomic E-state index is 13.4. The Labute approximate surface area is 195 Å². The molecule has 0 bridgehead atoms. The lowest BCUT2D eigenvalue weighted by Gasteiger charge is -2.21. The van der Waals surface area contributed by atoms with Crippen molar-refractivity contribution >= 4 is 21.6 Å². The molecule has 0 saturated carbocycles. The van der Waals surface area contributed by atoms with Crippen LogP contribution in [-0.4, -0.2) is 27.5 Å². The van der Waals surface area contributed by atoms with E-state index >= 15 is 0 Å². The third-order valence-corrected chi connectivity index (χ3v) is 6.49. The van der Waals surface area contributed by atoms with Crippen LogP contribution in [0.4, 0.5) is 18.9 Å². The second kappa shape index (κ2) is 10.3. The summed E-state index contributed by atoms with van der Waals surface area (Å²) >= 11 is 0. The molecule has 0 fully saturated rings. The van der Waals surface area contributed by atoms with E-state index in [0.717, 1.165) is 12.1 Å². The molecule has 3 rings (SSSR count). The molecule has 1 amide bonds. The van der Waals surface area contributed by atoms with Crippen molar-refractivity contribution in [2.24, 2.45) is 0 Å². The zero-order chi connectivity index (χ0) is 24.9. The van der Waals surface area contributed by atoms with Gasteiger partial charge >= 0.3 is 6.18 Å².